The van der Waals surface area contributed by atoms with Crippen LogP contribution < -0.4 is 4.74 Å². The minimum absolute atomic E-state index is 0.0946. The van der Waals surface area contributed by atoms with Crippen LogP contribution in [0.15, 0.2) is 11.8 Å². The lowest BCUT2D eigenvalue weighted by molar-refractivity contribution is -0.0821. The van der Waals surface area contributed by atoms with Crippen molar-refractivity contribution in [2.45, 2.75) is 25.9 Å². The molecule has 0 aliphatic heterocycles. The Labute approximate surface area is 113 Å². The standard InChI is InChI=1S/C12H8F8O/c1-2-3-5(4-12(18,19)20)21-11-9(16)7(14)6(13)8(15)10(11)17/h4H,2-3H2,1H3/b5-4-. The number of halogens is 8. The van der Waals surface area contributed by atoms with Gasteiger partial charge < -0.3 is 4.74 Å². The predicted molar refractivity (Wildman–Crippen MR) is 55.9 cm³/mol. The third kappa shape index (κ3) is 4.08. The molecule has 0 fully saturated rings. The lowest BCUT2D eigenvalue weighted by atomic mass is 10.2. The van der Waals surface area contributed by atoms with Gasteiger partial charge in [-0.15, -0.1) is 0 Å². The largest absolute Gasteiger partial charge is 0.455 e. The van der Waals surface area contributed by atoms with Gasteiger partial charge in [-0.3, -0.25) is 0 Å². The van der Waals surface area contributed by atoms with Crippen LogP contribution in [0.25, 0.3) is 0 Å². The summed E-state index contributed by atoms with van der Waals surface area (Å²) in [5, 5.41) is 0. The van der Waals surface area contributed by atoms with E-state index in [2.05, 4.69) is 4.74 Å². The molecule has 118 valence electrons. The van der Waals surface area contributed by atoms with Crippen LogP contribution in [0.4, 0.5) is 35.1 Å². The average Bonchev–Trinajstić information content (AvgIpc) is 2.37. The molecule has 0 aliphatic rings. The fourth-order valence-corrected chi connectivity index (χ4v) is 1.39. The van der Waals surface area contributed by atoms with E-state index in [9.17, 15) is 35.1 Å². The summed E-state index contributed by atoms with van der Waals surface area (Å²) in [5.74, 6) is -14.4. The van der Waals surface area contributed by atoms with Gasteiger partial charge in [0.15, 0.2) is 0 Å². The molecule has 0 aromatic heterocycles. The second kappa shape index (κ2) is 6.31. The maximum absolute atomic E-state index is 13.3. The van der Waals surface area contributed by atoms with Crippen molar-refractivity contribution in [3.05, 3.63) is 40.9 Å². The lowest BCUT2D eigenvalue weighted by Crippen LogP contribution is -2.10. The van der Waals surface area contributed by atoms with Gasteiger partial charge >= 0.3 is 6.18 Å². The second-order valence-electron chi connectivity index (χ2n) is 3.90. The highest BCUT2D eigenvalue weighted by Crippen LogP contribution is 2.32. The molecule has 1 rings (SSSR count). The summed E-state index contributed by atoms with van der Waals surface area (Å²) in [6.07, 6.45) is -5.58. The van der Waals surface area contributed by atoms with Gasteiger partial charge in [-0.1, -0.05) is 6.92 Å². The third-order valence-corrected chi connectivity index (χ3v) is 2.22. The van der Waals surface area contributed by atoms with Gasteiger partial charge in [-0.2, -0.15) is 22.0 Å². The summed E-state index contributed by atoms with van der Waals surface area (Å²) < 4.78 is 106. The summed E-state index contributed by atoms with van der Waals surface area (Å²) in [4.78, 5) is 0. The highest BCUT2D eigenvalue weighted by Gasteiger charge is 2.30. The number of rotatable bonds is 4. The average molecular weight is 320 g/mol. The van der Waals surface area contributed by atoms with Crippen molar-refractivity contribution in [2.24, 2.45) is 0 Å². The van der Waals surface area contributed by atoms with E-state index in [4.69, 9.17) is 0 Å². The van der Waals surface area contributed by atoms with Crippen molar-refractivity contribution >= 4 is 0 Å². The summed E-state index contributed by atoms with van der Waals surface area (Å²) >= 11 is 0. The Morgan fingerprint density at radius 1 is 0.905 bits per heavy atom. The van der Waals surface area contributed by atoms with E-state index in [1.165, 1.54) is 6.92 Å². The molecule has 1 aromatic carbocycles. The van der Waals surface area contributed by atoms with Crippen molar-refractivity contribution in [3.8, 4) is 5.75 Å². The van der Waals surface area contributed by atoms with Crippen LogP contribution in [0.2, 0.25) is 0 Å². The first-order valence-corrected chi connectivity index (χ1v) is 5.56. The maximum Gasteiger partial charge on any atom is 0.412 e. The number of alkyl halides is 3. The van der Waals surface area contributed by atoms with Crippen LogP contribution in [-0.4, -0.2) is 6.18 Å². The van der Waals surface area contributed by atoms with Gasteiger partial charge in [0, 0.05) is 6.42 Å². The smallest absolute Gasteiger partial charge is 0.412 e. The Bertz CT molecular complexity index is 532. The Balaban J connectivity index is 3.31. The molecule has 0 spiro atoms. The zero-order chi connectivity index (χ0) is 16.4. The van der Waals surface area contributed by atoms with Crippen LogP contribution in [0.3, 0.4) is 0 Å². The summed E-state index contributed by atoms with van der Waals surface area (Å²) in [6.45, 7) is 1.44. The normalized spacial score (nSPS) is 12.7. The fraction of sp³-hybridized carbons (Fsp3) is 0.333. The molecule has 0 radical (unpaired) electrons. The molecule has 0 N–H and O–H groups in total. The van der Waals surface area contributed by atoms with E-state index in [-0.39, 0.29) is 6.42 Å². The zero-order valence-electron chi connectivity index (χ0n) is 10.4. The van der Waals surface area contributed by atoms with Gasteiger partial charge in [0.25, 0.3) is 0 Å². The monoisotopic (exact) mass is 320 g/mol. The first-order valence-electron chi connectivity index (χ1n) is 5.56. The number of benzene rings is 1. The van der Waals surface area contributed by atoms with E-state index in [1.807, 2.05) is 0 Å². The number of hydrogen-bond donors (Lipinski definition) is 0. The van der Waals surface area contributed by atoms with Gasteiger partial charge in [0.2, 0.25) is 34.8 Å². The van der Waals surface area contributed by atoms with E-state index in [0.29, 0.717) is 0 Å². The minimum Gasteiger partial charge on any atom is -0.455 e. The van der Waals surface area contributed by atoms with Gasteiger partial charge in [0.1, 0.15) is 5.76 Å². The van der Waals surface area contributed by atoms with Gasteiger partial charge in [-0.25, -0.2) is 13.2 Å². The highest BCUT2D eigenvalue weighted by molar-refractivity contribution is 5.31. The molecule has 1 aromatic rings. The molecular formula is C12H8F8O. The molecule has 0 aliphatic carbocycles. The Kier molecular flexibility index (Phi) is 5.19. The molecule has 0 bridgehead atoms. The topological polar surface area (TPSA) is 9.23 Å². The van der Waals surface area contributed by atoms with Gasteiger partial charge in [-0.05, 0) is 6.42 Å². The van der Waals surface area contributed by atoms with Crippen molar-refractivity contribution in [2.75, 3.05) is 0 Å². The van der Waals surface area contributed by atoms with Crippen LogP contribution in [0, 0.1) is 29.1 Å². The third-order valence-electron chi connectivity index (χ3n) is 2.22. The van der Waals surface area contributed by atoms with E-state index in [0.717, 1.165) is 0 Å². The number of allylic oxidation sites excluding steroid dienone is 2. The molecule has 9 heteroatoms. The second-order valence-corrected chi connectivity index (χ2v) is 3.90. The minimum atomic E-state index is -4.87. The Hall–Kier alpha value is -1.80. The lowest BCUT2D eigenvalue weighted by Gasteiger charge is -2.13. The van der Waals surface area contributed by atoms with Crippen LogP contribution in [0.5, 0.6) is 5.75 Å². The molecule has 0 unspecified atom stereocenters. The quantitative estimate of drug-likeness (QED) is 0.328. The van der Waals surface area contributed by atoms with Crippen molar-refractivity contribution < 1.29 is 39.9 Å². The SMILES string of the molecule is CCC/C(=C/C(F)(F)F)Oc1c(F)c(F)c(F)c(F)c1F. The zero-order valence-corrected chi connectivity index (χ0v) is 10.4. The summed E-state index contributed by atoms with van der Waals surface area (Å²) in [7, 11) is 0. The highest BCUT2D eigenvalue weighted by atomic mass is 19.4. The Morgan fingerprint density at radius 3 is 1.71 bits per heavy atom. The van der Waals surface area contributed by atoms with Crippen LogP contribution >= 0.6 is 0 Å². The van der Waals surface area contributed by atoms with E-state index in [1.54, 1.807) is 0 Å². The van der Waals surface area contributed by atoms with Gasteiger partial charge in [0.05, 0.1) is 6.08 Å². The number of hydrogen-bond acceptors (Lipinski definition) is 1. The first-order chi connectivity index (χ1) is 9.58. The maximum atomic E-state index is 13.3. The molecule has 0 heterocycles. The molecule has 0 saturated carbocycles. The fourth-order valence-electron chi connectivity index (χ4n) is 1.39. The van der Waals surface area contributed by atoms with Crippen LogP contribution in [-0.2, 0) is 0 Å². The van der Waals surface area contributed by atoms with Crippen molar-refractivity contribution in [3.63, 3.8) is 0 Å². The first kappa shape index (κ1) is 17.3. The summed E-state index contributed by atoms with van der Waals surface area (Å²) in [5.41, 5.74) is 0. The molecule has 0 atom stereocenters. The molecule has 0 amide bonds. The molecular weight excluding hydrogens is 312 g/mol. The van der Waals surface area contributed by atoms with Crippen LogP contribution in [0.1, 0.15) is 19.8 Å². The van der Waals surface area contributed by atoms with E-state index >= 15 is 0 Å². The van der Waals surface area contributed by atoms with Crippen molar-refractivity contribution in [1.82, 2.24) is 0 Å². The summed E-state index contributed by atoms with van der Waals surface area (Å²) in [6, 6.07) is 0. The molecule has 0 saturated heterocycles. The van der Waals surface area contributed by atoms with E-state index < -0.39 is 59.3 Å². The molecule has 1 nitrogen and oxygen atoms in total. The number of ether oxygens (including phenoxy) is 1. The van der Waals surface area contributed by atoms with Crippen molar-refractivity contribution in [1.29, 1.82) is 0 Å². The molecule has 21 heavy (non-hydrogen) atoms. The Morgan fingerprint density at radius 2 is 1.33 bits per heavy atom. The predicted octanol–water partition coefficient (Wildman–Crippen LogP) is 5.01.